The average Bonchev–Trinajstić information content (AvgIpc) is 3.52. The number of rotatable bonds is 12. The zero-order valence-corrected chi connectivity index (χ0v) is 25.6. The van der Waals surface area contributed by atoms with Crippen LogP contribution in [0.1, 0.15) is 40.7 Å². The first-order valence-corrected chi connectivity index (χ1v) is 16.3. The highest BCUT2D eigenvalue weighted by molar-refractivity contribution is 7.91. The lowest BCUT2D eigenvalue weighted by Crippen LogP contribution is -2.22. The van der Waals surface area contributed by atoms with Gasteiger partial charge < -0.3 is 20.9 Å². The highest BCUT2D eigenvalue weighted by Crippen LogP contribution is 2.23. The first kappa shape index (κ1) is 30.5. The van der Waals surface area contributed by atoms with Crippen LogP contribution in [0, 0.1) is 6.92 Å². The molecule has 43 heavy (non-hydrogen) atoms. The number of benzene rings is 3. The van der Waals surface area contributed by atoms with Crippen molar-refractivity contribution < 1.29 is 13.2 Å². The summed E-state index contributed by atoms with van der Waals surface area (Å²) in [5.74, 6) is 0.335. The van der Waals surface area contributed by atoms with Crippen LogP contribution in [0.15, 0.2) is 84.0 Å². The summed E-state index contributed by atoms with van der Waals surface area (Å²) < 4.78 is 25.5. The first-order valence-electron chi connectivity index (χ1n) is 14.3. The number of anilines is 4. The number of likely N-dealkylation sites (tertiary alicyclic amines) is 1. The van der Waals surface area contributed by atoms with E-state index < -0.39 is 9.84 Å². The molecule has 0 unspecified atom stereocenters. The lowest BCUT2D eigenvalue weighted by Gasteiger charge is -2.14. The second-order valence-corrected chi connectivity index (χ2v) is 13.2. The summed E-state index contributed by atoms with van der Waals surface area (Å²) in [4.78, 5) is 24.0. The molecular weight excluding hydrogens is 584 g/mol. The van der Waals surface area contributed by atoms with Crippen molar-refractivity contribution in [2.45, 2.75) is 37.6 Å². The highest BCUT2D eigenvalue weighted by atomic mass is 35.5. The molecule has 1 aliphatic heterocycles. The zero-order chi connectivity index (χ0) is 30.2. The van der Waals surface area contributed by atoms with Crippen LogP contribution >= 0.6 is 11.6 Å². The molecular formula is C32H35ClN6O3S. The summed E-state index contributed by atoms with van der Waals surface area (Å²) in [5.41, 5.74) is 4.42. The molecule has 9 nitrogen and oxygen atoms in total. The van der Waals surface area contributed by atoms with Gasteiger partial charge in [0, 0.05) is 28.5 Å². The molecule has 0 radical (unpaired) electrons. The second-order valence-electron chi connectivity index (χ2n) is 10.6. The van der Waals surface area contributed by atoms with Crippen LogP contribution < -0.4 is 16.0 Å². The number of halogens is 1. The van der Waals surface area contributed by atoms with E-state index in [1.54, 1.807) is 54.9 Å². The van der Waals surface area contributed by atoms with E-state index in [2.05, 4.69) is 30.8 Å². The number of nitrogens with one attached hydrogen (secondary N) is 3. The van der Waals surface area contributed by atoms with Crippen molar-refractivity contribution in [3.05, 3.63) is 101 Å². The predicted molar refractivity (Wildman–Crippen MR) is 172 cm³/mol. The first-order chi connectivity index (χ1) is 20.7. The van der Waals surface area contributed by atoms with Gasteiger partial charge in [0.25, 0.3) is 5.91 Å². The number of aryl methyl sites for hydroxylation is 1. The summed E-state index contributed by atoms with van der Waals surface area (Å²) >= 11 is 6.41. The molecule has 0 atom stereocenters. The quantitative estimate of drug-likeness (QED) is 0.169. The normalized spacial score (nSPS) is 13.5. The van der Waals surface area contributed by atoms with Crippen LogP contribution in [0.3, 0.4) is 0 Å². The van der Waals surface area contributed by atoms with Gasteiger partial charge in [0.05, 0.1) is 28.7 Å². The fourth-order valence-electron chi connectivity index (χ4n) is 4.94. The van der Waals surface area contributed by atoms with Crippen molar-refractivity contribution >= 4 is 50.4 Å². The Morgan fingerprint density at radius 1 is 0.930 bits per heavy atom. The van der Waals surface area contributed by atoms with Gasteiger partial charge in [0.2, 0.25) is 5.95 Å². The van der Waals surface area contributed by atoms with E-state index in [1.807, 2.05) is 31.2 Å². The summed E-state index contributed by atoms with van der Waals surface area (Å²) in [6.07, 6.45) is 6.33. The third-order valence-electron chi connectivity index (χ3n) is 7.27. The Kier molecular flexibility index (Phi) is 9.91. The Balaban J connectivity index is 1.12. The van der Waals surface area contributed by atoms with Crippen molar-refractivity contribution in [1.82, 2.24) is 14.9 Å². The molecule has 5 rings (SSSR count). The van der Waals surface area contributed by atoms with Crippen molar-refractivity contribution in [1.29, 1.82) is 0 Å². The fourth-order valence-corrected chi connectivity index (χ4v) is 6.42. The van der Waals surface area contributed by atoms with Gasteiger partial charge in [-0.15, -0.1) is 0 Å². The van der Waals surface area contributed by atoms with Gasteiger partial charge in [-0.1, -0.05) is 29.3 Å². The Morgan fingerprint density at radius 3 is 2.37 bits per heavy atom. The molecule has 0 aliphatic carbocycles. The minimum absolute atomic E-state index is 0.144. The van der Waals surface area contributed by atoms with E-state index >= 15 is 0 Å². The number of carbonyl (C=O) groups is 1. The predicted octanol–water partition coefficient (Wildman–Crippen LogP) is 6.31. The largest absolute Gasteiger partial charge is 0.378 e. The second kappa shape index (κ2) is 14.0. The number of sulfone groups is 1. The molecule has 0 spiro atoms. The molecule has 3 aromatic carbocycles. The molecule has 1 fully saturated rings. The molecule has 0 saturated carbocycles. The van der Waals surface area contributed by atoms with Gasteiger partial charge in [-0.3, -0.25) is 4.79 Å². The Hall–Kier alpha value is -3.99. The van der Waals surface area contributed by atoms with Crippen LogP contribution in [0.5, 0.6) is 0 Å². The van der Waals surface area contributed by atoms with Gasteiger partial charge in [0.15, 0.2) is 9.84 Å². The van der Waals surface area contributed by atoms with E-state index in [0.717, 1.165) is 30.8 Å². The summed E-state index contributed by atoms with van der Waals surface area (Å²) in [5, 5.41) is 9.84. The van der Waals surface area contributed by atoms with Crippen molar-refractivity contribution in [2.24, 2.45) is 0 Å². The Labute approximate surface area is 257 Å². The molecule has 1 aliphatic rings. The van der Waals surface area contributed by atoms with E-state index in [1.165, 1.54) is 12.8 Å². The third kappa shape index (κ3) is 8.53. The van der Waals surface area contributed by atoms with Crippen LogP contribution in [-0.4, -0.2) is 54.6 Å². The molecule has 11 heteroatoms. The number of hydrogen-bond donors (Lipinski definition) is 3. The van der Waals surface area contributed by atoms with Gasteiger partial charge in [-0.05, 0) is 106 Å². The topological polar surface area (TPSA) is 116 Å². The van der Waals surface area contributed by atoms with Gasteiger partial charge in [-0.2, -0.15) is 0 Å². The minimum atomic E-state index is -3.33. The molecule has 3 N–H and O–H groups in total. The monoisotopic (exact) mass is 618 g/mol. The van der Waals surface area contributed by atoms with Gasteiger partial charge >= 0.3 is 0 Å². The van der Waals surface area contributed by atoms with E-state index in [4.69, 9.17) is 11.6 Å². The SMILES string of the molecule is Cc1cccc(C(=O)Nc2ccc(Cl)c(CNc3cnc(Nc4ccc(S(=O)(=O)CCCN5CCCC5)cc4)nc3)c2)c1. The lowest BCUT2D eigenvalue weighted by molar-refractivity contribution is 0.102. The number of amides is 1. The molecule has 2 heterocycles. The van der Waals surface area contributed by atoms with Gasteiger partial charge in [0.1, 0.15) is 0 Å². The molecule has 1 amide bonds. The molecule has 1 saturated heterocycles. The molecule has 4 aromatic rings. The number of nitrogens with zero attached hydrogens (tertiary/aromatic N) is 3. The maximum atomic E-state index is 12.7. The number of aromatic nitrogens is 2. The maximum Gasteiger partial charge on any atom is 0.255 e. The summed E-state index contributed by atoms with van der Waals surface area (Å²) in [6.45, 7) is 5.30. The van der Waals surface area contributed by atoms with Crippen molar-refractivity contribution in [3.63, 3.8) is 0 Å². The van der Waals surface area contributed by atoms with Crippen LogP contribution in [0.4, 0.5) is 23.0 Å². The minimum Gasteiger partial charge on any atom is -0.378 e. The van der Waals surface area contributed by atoms with Crippen LogP contribution in [0.2, 0.25) is 5.02 Å². The number of carbonyl (C=O) groups excluding carboxylic acids is 1. The van der Waals surface area contributed by atoms with Gasteiger partial charge in [-0.25, -0.2) is 18.4 Å². The Morgan fingerprint density at radius 2 is 1.65 bits per heavy atom. The molecule has 1 aromatic heterocycles. The molecule has 0 bridgehead atoms. The third-order valence-corrected chi connectivity index (χ3v) is 9.46. The highest BCUT2D eigenvalue weighted by Gasteiger charge is 2.17. The number of hydrogen-bond acceptors (Lipinski definition) is 8. The standard InChI is InChI=1S/C32H35ClN6O3S/c1-23-6-4-7-24(18-23)31(40)37-27-10-13-30(33)25(19-27)20-34-28-21-35-32(36-22-28)38-26-8-11-29(12-9-26)43(41,42)17-5-16-39-14-2-3-15-39/h4,6-13,18-19,21-22,34H,2-3,5,14-17,20H2,1H3,(H,37,40)(H,35,36,38). The smallest absolute Gasteiger partial charge is 0.255 e. The lowest BCUT2D eigenvalue weighted by atomic mass is 10.1. The van der Waals surface area contributed by atoms with Crippen molar-refractivity contribution in [3.8, 4) is 0 Å². The van der Waals surface area contributed by atoms with E-state index in [9.17, 15) is 13.2 Å². The summed E-state index contributed by atoms with van der Waals surface area (Å²) in [7, 11) is -3.33. The van der Waals surface area contributed by atoms with E-state index in [-0.39, 0.29) is 11.7 Å². The Bertz CT molecular complexity index is 1660. The molecule has 224 valence electrons. The van der Waals surface area contributed by atoms with Crippen LogP contribution in [0.25, 0.3) is 0 Å². The van der Waals surface area contributed by atoms with Crippen LogP contribution in [-0.2, 0) is 16.4 Å². The van der Waals surface area contributed by atoms with Crippen molar-refractivity contribution in [2.75, 3.05) is 41.3 Å². The average molecular weight is 619 g/mol. The summed E-state index contributed by atoms with van der Waals surface area (Å²) in [6, 6.07) is 19.4. The zero-order valence-electron chi connectivity index (χ0n) is 24.0. The fraction of sp³-hybridized carbons (Fsp3) is 0.281. The van der Waals surface area contributed by atoms with E-state index in [0.29, 0.717) is 51.5 Å². The maximum absolute atomic E-state index is 12.7.